The normalized spacial score (nSPS) is 24.4. The second kappa shape index (κ2) is 4.66. The van der Waals surface area contributed by atoms with Crippen molar-refractivity contribution < 1.29 is 4.79 Å². The van der Waals surface area contributed by atoms with Gasteiger partial charge in [0.25, 0.3) is 0 Å². The monoisotopic (exact) mass is 218 g/mol. The minimum Gasteiger partial charge on any atom is -0.328 e. The van der Waals surface area contributed by atoms with Crippen molar-refractivity contribution in [1.82, 2.24) is 0 Å². The highest BCUT2D eigenvalue weighted by Gasteiger charge is 2.27. The van der Waals surface area contributed by atoms with Gasteiger partial charge in [0.1, 0.15) is 0 Å². The van der Waals surface area contributed by atoms with E-state index in [4.69, 9.17) is 5.73 Å². The summed E-state index contributed by atoms with van der Waals surface area (Å²) < 4.78 is 0. The number of anilines is 1. The van der Waals surface area contributed by atoms with Crippen LogP contribution in [0.1, 0.15) is 24.8 Å². The SMILES string of the molecule is Cc1cccc(NC(=O)C2CCC(N)C2)c1. The summed E-state index contributed by atoms with van der Waals surface area (Å²) in [5.74, 6) is 0.203. The van der Waals surface area contributed by atoms with Crippen LogP contribution in [0.15, 0.2) is 24.3 Å². The lowest BCUT2D eigenvalue weighted by molar-refractivity contribution is -0.119. The number of nitrogens with one attached hydrogen (secondary N) is 1. The molecule has 0 bridgehead atoms. The maximum absolute atomic E-state index is 11.9. The number of benzene rings is 1. The number of carbonyl (C=O) groups excluding carboxylic acids is 1. The Morgan fingerprint density at radius 1 is 1.44 bits per heavy atom. The summed E-state index contributed by atoms with van der Waals surface area (Å²) in [5, 5.41) is 2.95. The van der Waals surface area contributed by atoms with Gasteiger partial charge >= 0.3 is 0 Å². The molecule has 2 unspecified atom stereocenters. The number of hydrogen-bond acceptors (Lipinski definition) is 2. The molecule has 2 rings (SSSR count). The lowest BCUT2D eigenvalue weighted by atomic mass is 10.1. The Hall–Kier alpha value is -1.35. The second-order valence-electron chi connectivity index (χ2n) is 4.63. The maximum atomic E-state index is 11.9. The van der Waals surface area contributed by atoms with Crippen molar-refractivity contribution in [2.45, 2.75) is 32.2 Å². The molecule has 1 aromatic carbocycles. The van der Waals surface area contributed by atoms with Crippen LogP contribution in [0.3, 0.4) is 0 Å². The standard InChI is InChI=1S/C13H18N2O/c1-9-3-2-4-12(7-9)15-13(16)10-5-6-11(14)8-10/h2-4,7,10-11H,5-6,8,14H2,1H3,(H,15,16). The maximum Gasteiger partial charge on any atom is 0.227 e. The molecule has 86 valence electrons. The van der Waals surface area contributed by atoms with Crippen molar-refractivity contribution in [2.75, 3.05) is 5.32 Å². The number of hydrogen-bond donors (Lipinski definition) is 2. The van der Waals surface area contributed by atoms with Crippen molar-refractivity contribution in [1.29, 1.82) is 0 Å². The van der Waals surface area contributed by atoms with Gasteiger partial charge in [0.15, 0.2) is 0 Å². The van der Waals surface area contributed by atoms with Crippen molar-refractivity contribution in [3.8, 4) is 0 Å². The third kappa shape index (κ3) is 2.61. The third-order valence-electron chi connectivity index (χ3n) is 3.13. The van der Waals surface area contributed by atoms with Crippen LogP contribution in [-0.4, -0.2) is 11.9 Å². The average Bonchev–Trinajstić information content (AvgIpc) is 2.65. The molecule has 3 heteroatoms. The van der Waals surface area contributed by atoms with Crippen molar-refractivity contribution >= 4 is 11.6 Å². The fourth-order valence-electron chi connectivity index (χ4n) is 2.22. The smallest absolute Gasteiger partial charge is 0.227 e. The van der Waals surface area contributed by atoms with Crippen LogP contribution >= 0.6 is 0 Å². The van der Waals surface area contributed by atoms with Gasteiger partial charge in [-0.25, -0.2) is 0 Å². The largest absolute Gasteiger partial charge is 0.328 e. The zero-order chi connectivity index (χ0) is 11.5. The fraction of sp³-hybridized carbons (Fsp3) is 0.462. The predicted octanol–water partition coefficient (Wildman–Crippen LogP) is 2.06. The molecule has 1 aliphatic carbocycles. The topological polar surface area (TPSA) is 55.1 Å². The van der Waals surface area contributed by atoms with E-state index in [1.54, 1.807) is 0 Å². The minimum atomic E-state index is 0.0931. The summed E-state index contributed by atoms with van der Waals surface area (Å²) >= 11 is 0. The predicted molar refractivity (Wildman–Crippen MR) is 65.1 cm³/mol. The molecule has 0 saturated heterocycles. The van der Waals surface area contributed by atoms with Crippen LogP contribution in [0.4, 0.5) is 5.69 Å². The van der Waals surface area contributed by atoms with Gasteiger partial charge in [-0.3, -0.25) is 4.79 Å². The summed E-state index contributed by atoms with van der Waals surface area (Å²) in [6, 6.07) is 8.06. The van der Waals surface area contributed by atoms with Crippen molar-refractivity contribution in [2.24, 2.45) is 11.7 Å². The number of amides is 1. The van der Waals surface area contributed by atoms with E-state index in [1.807, 2.05) is 31.2 Å². The number of aryl methyl sites for hydroxylation is 1. The average molecular weight is 218 g/mol. The van der Waals surface area contributed by atoms with Crippen LogP contribution in [-0.2, 0) is 4.79 Å². The van der Waals surface area contributed by atoms with Crippen LogP contribution in [0.25, 0.3) is 0 Å². The Labute approximate surface area is 96.0 Å². The summed E-state index contributed by atoms with van der Waals surface area (Å²) in [7, 11) is 0. The third-order valence-corrected chi connectivity index (χ3v) is 3.13. The first-order valence-corrected chi connectivity index (χ1v) is 5.78. The molecular formula is C13H18N2O. The van der Waals surface area contributed by atoms with Crippen LogP contribution < -0.4 is 11.1 Å². The molecule has 0 aromatic heterocycles. The van der Waals surface area contributed by atoms with Crippen LogP contribution in [0.2, 0.25) is 0 Å². The van der Waals surface area contributed by atoms with Gasteiger partial charge in [-0.2, -0.15) is 0 Å². The number of rotatable bonds is 2. The number of carbonyl (C=O) groups is 1. The zero-order valence-corrected chi connectivity index (χ0v) is 9.57. The first-order valence-electron chi connectivity index (χ1n) is 5.78. The van der Waals surface area contributed by atoms with Gasteiger partial charge in [0.05, 0.1) is 0 Å². The van der Waals surface area contributed by atoms with E-state index in [0.717, 1.165) is 30.5 Å². The molecule has 0 heterocycles. The van der Waals surface area contributed by atoms with Gasteiger partial charge in [-0.1, -0.05) is 12.1 Å². The van der Waals surface area contributed by atoms with E-state index in [-0.39, 0.29) is 17.9 Å². The first kappa shape index (κ1) is 11.1. The van der Waals surface area contributed by atoms with Crippen LogP contribution in [0, 0.1) is 12.8 Å². The molecule has 0 spiro atoms. The summed E-state index contributed by atoms with van der Waals surface area (Å²) in [4.78, 5) is 11.9. The number of nitrogens with two attached hydrogens (primary N) is 1. The van der Waals surface area contributed by atoms with E-state index in [0.29, 0.717) is 0 Å². The summed E-state index contributed by atoms with van der Waals surface area (Å²) in [5.41, 5.74) is 7.83. The van der Waals surface area contributed by atoms with Crippen molar-refractivity contribution in [3.63, 3.8) is 0 Å². The Balaban J connectivity index is 1.97. The Bertz CT molecular complexity index is 389. The lowest BCUT2D eigenvalue weighted by Crippen LogP contribution is -2.23. The van der Waals surface area contributed by atoms with Gasteiger partial charge in [0, 0.05) is 17.6 Å². The van der Waals surface area contributed by atoms with E-state index in [9.17, 15) is 4.79 Å². The molecule has 3 N–H and O–H groups in total. The molecular weight excluding hydrogens is 200 g/mol. The van der Waals surface area contributed by atoms with Crippen molar-refractivity contribution in [3.05, 3.63) is 29.8 Å². The van der Waals surface area contributed by atoms with Gasteiger partial charge in [-0.05, 0) is 43.9 Å². The van der Waals surface area contributed by atoms with E-state index in [2.05, 4.69) is 5.32 Å². The summed E-state index contributed by atoms with van der Waals surface area (Å²) in [6.07, 6.45) is 2.70. The molecule has 0 radical (unpaired) electrons. The molecule has 16 heavy (non-hydrogen) atoms. The van der Waals surface area contributed by atoms with Gasteiger partial charge in [0.2, 0.25) is 5.91 Å². The Morgan fingerprint density at radius 3 is 2.88 bits per heavy atom. The summed E-state index contributed by atoms with van der Waals surface area (Å²) in [6.45, 7) is 2.02. The van der Waals surface area contributed by atoms with E-state index < -0.39 is 0 Å². The molecule has 1 aromatic rings. The highest BCUT2D eigenvalue weighted by Crippen LogP contribution is 2.25. The fourth-order valence-corrected chi connectivity index (χ4v) is 2.22. The second-order valence-corrected chi connectivity index (χ2v) is 4.63. The molecule has 1 aliphatic rings. The highest BCUT2D eigenvalue weighted by atomic mass is 16.1. The molecule has 1 fully saturated rings. The van der Waals surface area contributed by atoms with E-state index in [1.165, 1.54) is 0 Å². The highest BCUT2D eigenvalue weighted by molar-refractivity contribution is 5.92. The van der Waals surface area contributed by atoms with E-state index >= 15 is 0 Å². The first-order chi connectivity index (χ1) is 7.65. The molecule has 1 amide bonds. The van der Waals surface area contributed by atoms with Crippen LogP contribution in [0.5, 0.6) is 0 Å². The Morgan fingerprint density at radius 2 is 2.25 bits per heavy atom. The van der Waals surface area contributed by atoms with Gasteiger partial charge in [-0.15, -0.1) is 0 Å². The minimum absolute atomic E-state index is 0.0931. The quantitative estimate of drug-likeness (QED) is 0.798. The lowest BCUT2D eigenvalue weighted by Gasteiger charge is -2.11. The zero-order valence-electron chi connectivity index (χ0n) is 9.57. The Kier molecular flexibility index (Phi) is 3.25. The molecule has 1 saturated carbocycles. The van der Waals surface area contributed by atoms with Gasteiger partial charge < -0.3 is 11.1 Å². The molecule has 2 atom stereocenters. The molecule has 0 aliphatic heterocycles. The molecule has 3 nitrogen and oxygen atoms in total.